The van der Waals surface area contributed by atoms with Gasteiger partial charge in [-0.1, -0.05) is 41.4 Å². The summed E-state index contributed by atoms with van der Waals surface area (Å²) in [4.78, 5) is 30.3. The van der Waals surface area contributed by atoms with Crippen LogP contribution in [0.5, 0.6) is 0 Å². The highest BCUT2D eigenvalue weighted by Crippen LogP contribution is 2.35. The van der Waals surface area contributed by atoms with Gasteiger partial charge in [-0.15, -0.1) is 21.5 Å². The summed E-state index contributed by atoms with van der Waals surface area (Å²) in [6.07, 6.45) is -4.78. The van der Waals surface area contributed by atoms with Crippen LogP contribution in [-0.4, -0.2) is 37.0 Å². The minimum Gasteiger partial charge on any atom is -0.366 e. The van der Waals surface area contributed by atoms with E-state index in [0.717, 1.165) is 11.3 Å². The molecule has 0 atom stereocenters. The van der Waals surface area contributed by atoms with Gasteiger partial charge in [0.1, 0.15) is 16.4 Å². The minimum atomic E-state index is -4.78. The maximum atomic E-state index is 13.3. The molecule has 2 heterocycles. The molecular formula is C21H11Cl2F3N8O2S. The number of amides is 2. The molecule has 37 heavy (non-hydrogen) atoms. The number of halogens is 5. The van der Waals surface area contributed by atoms with Gasteiger partial charge in [0.2, 0.25) is 0 Å². The van der Waals surface area contributed by atoms with Crippen LogP contribution in [0.4, 0.5) is 18.9 Å². The number of rotatable bonds is 6. The molecule has 4 rings (SSSR count). The first-order valence-electron chi connectivity index (χ1n) is 9.92. The lowest BCUT2D eigenvalue weighted by molar-refractivity contribution is -0.145. The van der Waals surface area contributed by atoms with Crippen LogP contribution in [0.3, 0.4) is 0 Å². The number of thiazole rings is 1. The molecule has 4 aromatic rings. The Hall–Kier alpha value is -4.06. The fraction of sp³-hybridized carbons (Fsp3) is 0.0952. The summed E-state index contributed by atoms with van der Waals surface area (Å²) in [6, 6.07) is 10.7. The fourth-order valence-electron chi connectivity index (χ4n) is 3.13. The van der Waals surface area contributed by atoms with E-state index in [1.807, 2.05) is 6.07 Å². The maximum absolute atomic E-state index is 13.3. The van der Waals surface area contributed by atoms with Crippen molar-refractivity contribution in [1.29, 1.82) is 5.26 Å². The summed E-state index contributed by atoms with van der Waals surface area (Å²) in [5.41, 5.74) is 5.59. The molecule has 2 amide bonds. The molecule has 0 aliphatic rings. The highest BCUT2D eigenvalue weighted by Gasteiger charge is 2.37. The number of aromatic nitrogens is 5. The first-order chi connectivity index (χ1) is 17.5. The van der Waals surface area contributed by atoms with Crippen molar-refractivity contribution in [2.24, 2.45) is 5.73 Å². The Kier molecular flexibility index (Phi) is 7.12. The molecule has 2 aromatic heterocycles. The molecule has 188 valence electrons. The van der Waals surface area contributed by atoms with Crippen LogP contribution in [0.1, 0.15) is 36.4 Å². The lowest BCUT2D eigenvalue weighted by atomic mass is 10.1. The average molecular weight is 567 g/mol. The zero-order valence-corrected chi connectivity index (χ0v) is 20.4. The summed E-state index contributed by atoms with van der Waals surface area (Å²) >= 11 is 13.3. The van der Waals surface area contributed by atoms with Crippen LogP contribution in [0.15, 0.2) is 36.4 Å². The van der Waals surface area contributed by atoms with E-state index in [2.05, 4.69) is 25.7 Å². The molecule has 0 spiro atoms. The predicted octanol–water partition coefficient (Wildman–Crippen LogP) is 4.39. The number of benzene rings is 2. The van der Waals surface area contributed by atoms with Gasteiger partial charge >= 0.3 is 6.18 Å². The molecule has 0 saturated heterocycles. The van der Waals surface area contributed by atoms with E-state index in [9.17, 15) is 22.8 Å². The first kappa shape index (κ1) is 26.0. The third-order valence-corrected chi connectivity index (χ3v) is 6.38. The van der Waals surface area contributed by atoms with Crippen molar-refractivity contribution in [1.82, 2.24) is 25.2 Å². The van der Waals surface area contributed by atoms with Gasteiger partial charge in [0.25, 0.3) is 17.6 Å². The van der Waals surface area contributed by atoms with E-state index in [4.69, 9.17) is 34.2 Å². The summed E-state index contributed by atoms with van der Waals surface area (Å²) in [5, 5.41) is 21.6. The second-order valence-electron chi connectivity index (χ2n) is 7.22. The fourth-order valence-corrected chi connectivity index (χ4v) is 4.57. The van der Waals surface area contributed by atoms with Gasteiger partial charge in [0.05, 0.1) is 38.6 Å². The molecule has 0 unspecified atom stereocenters. The molecule has 0 fully saturated rings. The van der Waals surface area contributed by atoms with Crippen molar-refractivity contribution in [3.8, 4) is 17.3 Å². The zero-order chi connectivity index (χ0) is 26.9. The van der Waals surface area contributed by atoms with E-state index >= 15 is 0 Å². The SMILES string of the molecule is N#Cc1cc(Cl)c(NC(=O)c2sc(Cn3nnc(C(F)(F)F)n3)nc2-c2ccccc2Cl)c(C(N)=O)c1. The van der Waals surface area contributed by atoms with Crippen LogP contribution >= 0.6 is 34.5 Å². The molecule has 2 aromatic carbocycles. The van der Waals surface area contributed by atoms with Crippen LogP contribution in [0, 0.1) is 11.3 Å². The molecule has 10 nitrogen and oxygen atoms in total. The number of hydrogen-bond acceptors (Lipinski definition) is 8. The predicted molar refractivity (Wildman–Crippen MR) is 127 cm³/mol. The van der Waals surface area contributed by atoms with Crippen LogP contribution in [-0.2, 0) is 12.7 Å². The average Bonchev–Trinajstić information content (AvgIpc) is 3.48. The van der Waals surface area contributed by atoms with E-state index in [0.29, 0.717) is 10.4 Å². The van der Waals surface area contributed by atoms with E-state index < -0.39 is 23.8 Å². The second kappa shape index (κ2) is 10.1. The molecule has 0 aliphatic carbocycles. The Morgan fingerprint density at radius 3 is 2.54 bits per heavy atom. The Morgan fingerprint density at radius 2 is 1.92 bits per heavy atom. The molecule has 0 radical (unpaired) electrons. The van der Waals surface area contributed by atoms with E-state index in [-0.39, 0.29) is 49.0 Å². The van der Waals surface area contributed by atoms with Crippen molar-refractivity contribution in [2.75, 3.05) is 5.32 Å². The Balaban J connectivity index is 1.76. The van der Waals surface area contributed by atoms with Gasteiger partial charge in [-0.3, -0.25) is 9.59 Å². The number of carbonyl (C=O) groups is 2. The van der Waals surface area contributed by atoms with Gasteiger partial charge < -0.3 is 11.1 Å². The topological polar surface area (TPSA) is 152 Å². The van der Waals surface area contributed by atoms with Crippen molar-refractivity contribution in [3.63, 3.8) is 0 Å². The Morgan fingerprint density at radius 1 is 1.19 bits per heavy atom. The lowest BCUT2D eigenvalue weighted by Crippen LogP contribution is -2.19. The number of tetrazole rings is 1. The first-order valence-corrected chi connectivity index (χ1v) is 11.5. The number of nitrogens with zero attached hydrogens (tertiary/aromatic N) is 6. The largest absolute Gasteiger partial charge is 0.455 e. The molecule has 16 heteroatoms. The summed E-state index contributed by atoms with van der Waals surface area (Å²) < 4.78 is 38.5. The third kappa shape index (κ3) is 5.53. The second-order valence-corrected chi connectivity index (χ2v) is 9.12. The minimum absolute atomic E-state index is 0.00453. The Labute approximate surface area is 219 Å². The monoisotopic (exact) mass is 566 g/mol. The van der Waals surface area contributed by atoms with Gasteiger partial charge in [-0.2, -0.15) is 23.2 Å². The number of carbonyl (C=O) groups excluding carboxylic acids is 2. The summed E-state index contributed by atoms with van der Waals surface area (Å²) in [7, 11) is 0. The number of nitriles is 1. The molecule has 3 N–H and O–H groups in total. The van der Waals surface area contributed by atoms with E-state index in [1.54, 1.807) is 24.3 Å². The summed E-state index contributed by atoms with van der Waals surface area (Å²) in [6.45, 7) is -0.331. The number of primary amides is 1. The lowest BCUT2D eigenvalue weighted by Gasteiger charge is -2.12. The van der Waals surface area contributed by atoms with Crippen molar-refractivity contribution < 1.29 is 22.8 Å². The molecule has 0 saturated carbocycles. The normalized spacial score (nSPS) is 11.2. The molecular weight excluding hydrogens is 556 g/mol. The van der Waals surface area contributed by atoms with Gasteiger partial charge in [0, 0.05) is 5.56 Å². The van der Waals surface area contributed by atoms with Crippen LogP contribution < -0.4 is 11.1 Å². The zero-order valence-electron chi connectivity index (χ0n) is 18.0. The highest BCUT2D eigenvalue weighted by atomic mass is 35.5. The Bertz CT molecular complexity index is 1580. The molecule has 0 bridgehead atoms. The number of nitrogens with one attached hydrogen (secondary N) is 1. The maximum Gasteiger partial charge on any atom is 0.455 e. The van der Waals surface area contributed by atoms with Crippen molar-refractivity contribution >= 4 is 52.0 Å². The highest BCUT2D eigenvalue weighted by molar-refractivity contribution is 7.14. The van der Waals surface area contributed by atoms with Crippen LogP contribution in [0.2, 0.25) is 10.0 Å². The smallest absolute Gasteiger partial charge is 0.366 e. The molecule has 0 aliphatic heterocycles. The van der Waals surface area contributed by atoms with Crippen molar-refractivity contribution in [3.05, 3.63) is 73.3 Å². The van der Waals surface area contributed by atoms with Gasteiger partial charge in [0.15, 0.2) is 0 Å². The number of nitrogens with two attached hydrogens (primary N) is 1. The third-order valence-electron chi connectivity index (χ3n) is 4.71. The summed E-state index contributed by atoms with van der Waals surface area (Å²) in [5.74, 6) is -3.14. The van der Waals surface area contributed by atoms with Crippen LogP contribution in [0.25, 0.3) is 11.3 Å². The van der Waals surface area contributed by atoms with Gasteiger partial charge in [-0.25, -0.2) is 4.98 Å². The van der Waals surface area contributed by atoms with Crippen molar-refractivity contribution in [2.45, 2.75) is 12.7 Å². The standard InChI is InChI=1S/C21H11Cl2F3N8O2S/c22-12-4-2-1-3-10(12)16-17(37-14(29-16)8-34-32-20(31-33-34)21(24,25)26)19(36)30-15-11(18(28)35)5-9(7-27)6-13(15)23/h1-6H,8H2,(H2,28,35)(H,30,36). The number of alkyl halides is 3. The number of anilines is 1. The number of hydrogen-bond donors (Lipinski definition) is 2. The van der Waals surface area contributed by atoms with Gasteiger partial charge in [-0.05, 0) is 23.4 Å². The quantitative estimate of drug-likeness (QED) is 0.351. The van der Waals surface area contributed by atoms with E-state index in [1.165, 1.54) is 12.1 Å².